The molecule has 6 heteroatoms. The van der Waals surface area contributed by atoms with Gasteiger partial charge in [-0.05, 0) is 44.4 Å². The van der Waals surface area contributed by atoms with E-state index in [1.165, 1.54) is 39.2 Å². The molecule has 2 aliphatic carbocycles. The lowest BCUT2D eigenvalue weighted by Crippen LogP contribution is -2.60. The minimum Gasteiger partial charge on any atom is -0.469 e. The van der Waals surface area contributed by atoms with Gasteiger partial charge in [-0.2, -0.15) is 0 Å². The third-order valence-corrected chi connectivity index (χ3v) is 7.82. The first-order chi connectivity index (χ1) is 13.5. The fourth-order valence-corrected chi connectivity index (χ4v) is 5.78. The Morgan fingerprint density at radius 2 is 1.68 bits per heavy atom. The first kappa shape index (κ1) is 20.1. The molecule has 0 radical (unpaired) electrons. The molecule has 3 aliphatic heterocycles. The summed E-state index contributed by atoms with van der Waals surface area (Å²) in [5, 5.41) is 0. The van der Waals surface area contributed by atoms with Crippen molar-refractivity contribution in [1.82, 2.24) is 9.80 Å². The lowest BCUT2D eigenvalue weighted by Gasteiger charge is -2.53. The number of hydrogen-bond acceptors (Lipinski definition) is 5. The SMILES string of the molecule is COC(=O)C12CCC(CN3CCN(C(=O)CC4CCCCC4)CC3)(CC1)OC2. The number of hydrogen-bond donors (Lipinski definition) is 0. The molecule has 3 saturated heterocycles. The Labute approximate surface area is 168 Å². The van der Waals surface area contributed by atoms with Crippen LogP contribution in [0, 0.1) is 11.3 Å². The smallest absolute Gasteiger partial charge is 0.314 e. The number of piperazine rings is 1. The summed E-state index contributed by atoms with van der Waals surface area (Å²) in [6.45, 7) is 4.98. The molecule has 0 aromatic carbocycles. The Bertz CT molecular complexity index is 555. The van der Waals surface area contributed by atoms with Gasteiger partial charge < -0.3 is 14.4 Å². The Kier molecular flexibility index (Phi) is 5.98. The Morgan fingerprint density at radius 1 is 1.00 bits per heavy atom. The van der Waals surface area contributed by atoms with Crippen LogP contribution in [0.4, 0.5) is 0 Å². The van der Waals surface area contributed by atoms with Gasteiger partial charge in [-0.3, -0.25) is 14.5 Å². The monoisotopic (exact) mass is 392 g/mol. The fraction of sp³-hybridized carbons (Fsp3) is 0.909. The number of methoxy groups -OCH3 is 1. The van der Waals surface area contributed by atoms with Crippen LogP contribution in [0.5, 0.6) is 0 Å². The third-order valence-electron chi connectivity index (χ3n) is 7.82. The standard InChI is InChI=1S/C22H36N2O4/c1-27-20(26)21-7-9-22(10-8-21,28-17-21)16-23-11-13-24(14-12-23)19(25)15-18-5-3-2-4-6-18/h18H,2-17H2,1H3. The van der Waals surface area contributed by atoms with Gasteiger partial charge in [0.1, 0.15) is 0 Å². The van der Waals surface area contributed by atoms with Crippen molar-refractivity contribution in [2.24, 2.45) is 11.3 Å². The molecule has 2 saturated carbocycles. The number of esters is 1. The molecule has 0 spiro atoms. The van der Waals surface area contributed by atoms with Crippen molar-refractivity contribution in [2.75, 3.05) is 46.4 Å². The molecule has 5 aliphatic rings. The van der Waals surface area contributed by atoms with E-state index in [1.807, 2.05) is 0 Å². The summed E-state index contributed by atoms with van der Waals surface area (Å²) in [6.07, 6.45) is 10.8. The zero-order valence-electron chi connectivity index (χ0n) is 17.4. The number of fused-ring (bicyclic) bond motifs is 3. The van der Waals surface area contributed by atoms with E-state index in [2.05, 4.69) is 9.80 Å². The van der Waals surface area contributed by atoms with Gasteiger partial charge in [0, 0.05) is 39.1 Å². The third kappa shape index (κ3) is 4.09. The van der Waals surface area contributed by atoms with E-state index in [-0.39, 0.29) is 11.6 Å². The lowest BCUT2D eigenvalue weighted by atomic mass is 9.66. The highest BCUT2D eigenvalue weighted by Crippen LogP contribution is 2.49. The topological polar surface area (TPSA) is 59.1 Å². The molecule has 0 unspecified atom stereocenters. The predicted octanol–water partition coefficient (Wildman–Crippen LogP) is 2.60. The summed E-state index contributed by atoms with van der Waals surface area (Å²) in [7, 11) is 1.47. The zero-order chi connectivity index (χ0) is 19.6. The second-order valence-corrected chi connectivity index (χ2v) is 9.61. The van der Waals surface area contributed by atoms with Crippen molar-refractivity contribution in [3.8, 4) is 0 Å². The first-order valence-corrected chi connectivity index (χ1v) is 11.3. The summed E-state index contributed by atoms with van der Waals surface area (Å²) in [5.74, 6) is 0.871. The van der Waals surface area contributed by atoms with Gasteiger partial charge in [-0.15, -0.1) is 0 Å². The van der Waals surface area contributed by atoms with Crippen molar-refractivity contribution in [3.63, 3.8) is 0 Å². The van der Waals surface area contributed by atoms with E-state index >= 15 is 0 Å². The molecular formula is C22H36N2O4. The average Bonchev–Trinajstić information content (AvgIpc) is 2.75. The number of carbonyl (C=O) groups is 2. The van der Waals surface area contributed by atoms with Crippen LogP contribution in [0.25, 0.3) is 0 Å². The van der Waals surface area contributed by atoms with E-state index in [1.54, 1.807) is 0 Å². The van der Waals surface area contributed by atoms with Crippen molar-refractivity contribution in [1.29, 1.82) is 0 Å². The second kappa shape index (κ2) is 8.31. The average molecular weight is 393 g/mol. The van der Waals surface area contributed by atoms with Crippen LogP contribution < -0.4 is 0 Å². The van der Waals surface area contributed by atoms with Crippen LogP contribution in [-0.4, -0.2) is 73.7 Å². The molecular weight excluding hydrogens is 356 g/mol. The van der Waals surface area contributed by atoms with Crippen LogP contribution in [0.1, 0.15) is 64.2 Å². The van der Waals surface area contributed by atoms with Gasteiger partial charge in [0.25, 0.3) is 0 Å². The predicted molar refractivity (Wildman–Crippen MR) is 106 cm³/mol. The van der Waals surface area contributed by atoms with Gasteiger partial charge >= 0.3 is 5.97 Å². The van der Waals surface area contributed by atoms with Gasteiger partial charge in [0.15, 0.2) is 0 Å². The molecule has 158 valence electrons. The molecule has 1 amide bonds. The van der Waals surface area contributed by atoms with Crippen LogP contribution in [-0.2, 0) is 19.1 Å². The number of carbonyl (C=O) groups excluding carboxylic acids is 2. The molecule has 0 aromatic rings. The Morgan fingerprint density at radius 3 is 2.25 bits per heavy atom. The largest absolute Gasteiger partial charge is 0.469 e. The summed E-state index contributed by atoms with van der Waals surface area (Å²) >= 11 is 0. The summed E-state index contributed by atoms with van der Waals surface area (Å²) in [5.41, 5.74) is -0.509. The number of amides is 1. The van der Waals surface area contributed by atoms with Crippen molar-refractivity contribution in [2.45, 2.75) is 69.8 Å². The minimum absolute atomic E-state index is 0.106. The maximum absolute atomic E-state index is 12.7. The van der Waals surface area contributed by atoms with Gasteiger partial charge in [0.05, 0.1) is 24.7 Å². The summed E-state index contributed by atoms with van der Waals surface area (Å²) < 4.78 is 11.3. The minimum atomic E-state index is -0.402. The van der Waals surface area contributed by atoms with Gasteiger partial charge in [-0.1, -0.05) is 19.3 Å². The van der Waals surface area contributed by atoms with Gasteiger partial charge in [0.2, 0.25) is 5.91 Å². The molecule has 5 fully saturated rings. The Balaban J connectivity index is 1.23. The highest BCUT2D eigenvalue weighted by Gasteiger charge is 2.54. The number of rotatable bonds is 5. The van der Waals surface area contributed by atoms with Gasteiger partial charge in [-0.25, -0.2) is 0 Å². The van der Waals surface area contributed by atoms with Crippen molar-refractivity contribution < 1.29 is 19.1 Å². The molecule has 2 bridgehead atoms. The lowest BCUT2D eigenvalue weighted by molar-refractivity contribution is -0.208. The normalized spacial score (nSPS) is 34.4. The van der Waals surface area contributed by atoms with Crippen molar-refractivity contribution in [3.05, 3.63) is 0 Å². The Hall–Kier alpha value is -1.14. The molecule has 0 N–H and O–H groups in total. The van der Waals surface area contributed by atoms with E-state index < -0.39 is 5.41 Å². The molecule has 0 aromatic heterocycles. The number of ether oxygens (including phenoxy) is 2. The van der Waals surface area contributed by atoms with E-state index in [0.29, 0.717) is 18.4 Å². The molecule has 3 heterocycles. The number of nitrogens with zero attached hydrogens (tertiary/aromatic N) is 2. The van der Waals surface area contributed by atoms with E-state index in [4.69, 9.17) is 9.47 Å². The van der Waals surface area contributed by atoms with E-state index in [9.17, 15) is 9.59 Å². The second-order valence-electron chi connectivity index (χ2n) is 9.61. The highest BCUT2D eigenvalue weighted by molar-refractivity contribution is 5.77. The molecule has 6 nitrogen and oxygen atoms in total. The zero-order valence-corrected chi connectivity index (χ0v) is 17.4. The maximum Gasteiger partial charge on any atom is 0.314 e. The van der Waals surface area contributed by atoms with Crippen LogP contribution in [0.3, 0.4) is 0 Å². The maximum atomic E-state index is 12.7. The summed E-state index contributed by atoms with van der Waals surface area (Å²) in [6, 6.07) is 0. The molecule has 28 heavy (non-hydrogen) atoms. The summed E-state index contributed by atoms with van der Waals surface area (Å²) in [4.78, 5) is 29.3. The molecule has 0 atom stereocenters. The van der Waals surface area contributed by atoms with Crippen LogP contribution in [0.2, 0.25) is 0 Å². The fourth-order valence-electron chi connectivity index (χ4n) is 5.78. The highest BCUT2D eigenvalue weighted by atomic mass is 16.5. The molecule has 5 rings (SSSR count). The van der Waals surface area contributed by atoms with Crippen LogP contribution >= 0.6 is 0 Å². The van der Waals surface area contributed by atoms with Crippen molar-refractivity contribution >= 4 is 11.9 Å². The van der Waals surface area contributed by atoms with E-state index in [0.717, 1.165) is 64.8 Å². The first-order valence-electron chi connectivity index (χ1n) is 11.3. The van der Waals surface area contributed by atoms with Crippen LogP contribution in [0.15, 0.2) is 0 Å². The quantitative estimate of drug-likeness (QED) is 0.673.